The first-order chi connectivity index (χ1) is 7.43. The summed E-state index contributed by atoms with van der Waals surface area (Å²) in [4.78, 5) is 11.7. The molecule has 3 nitrogen and oxygen atoms in total. The minimum Gasteiger partial charge on any atom is -0.493 e. The number of rotatable bonds is 3. The highest BCUT2D eigenvalue weighted by atomic mass is 32.2. The van der Waals surface area contributed by atoms with Crippen molar-refractivity contribution >= 4 is 17.4 Å². The van der Waals surface area contributed by atoms with Crippen molar-refractivity contribution in [3.05, 3.63) is 22.6 Å². The molecule has 0 bridgehead atoms. The fourth-order valence-corrected chi connectivity index (χ4v) is 2.06. The smallest absolute Gasteiger partial charge is 0.161 e. The zero-order valence-corrected chi connectivity index (χ0v) is 11.1. The maximum Gasteiger partial charge on any atom is 0.161 e. The Kier molecular flexibility index (Phi) is 3.97. The molecule has 1 aromatic carbocycles. The molecule has 4 heteroatoms. The highest BCUT2D eigenvalue weighted by molar-refractivity contribution is 7.98. The molecular weight excluding hydrogens is 222 g/mol. The van der Waals surface area contributed by atoms with Crippen molar-refractivity contribution in [1.82, 2.24) is 0 Å². The first-order valence-electron chi connectivity index (χ1n) is 5.04. The van der Waals surface area contributed by atoms with Crippen LogP contribution in [0.25, 0.3) is 0 Å². The summed E-state index contributed by atoms with van der Waals surface area (Å²) >= 11 is 1.56. The van der Waals surface area contributed by atoms with Gasteiger partial charge >= 0.3 is 0 Å². The van der Waals surface area contributed by atoms with E-state index in [1.165, 1.54) is 0 Å². The van der Waals surface area contributed by atoms with Crippen LogP contribution >= 0.6 is 11.8 Å². The number of ether oxygens (including phenoxy) is 1. The van der Waals surface area contributed by atoms with Crippen LogP contribution in [0.1, 0.15) is 26.3 Å². The Labute approximate surface area is 101 Å². The standard InChI is InChI=1S/C12H17NO2S/c1-12(2,3)8-6-9(13-14)11(15-4)10(7-8)16-5/h6-7H,1-5H3. The molecule has 0 N–H and O–H groups in total. The van der Waals surface area contributed by atoms with Gasteiger partial charge < -0.3 is 4.74 Å². The molecule has 0 saturated heterocycles. The lowest BCUT2D eigenvalue weighted by atomic mass is 9.87. The first-order valence-corrected chi connectivity index (χ1v) is 6.26. The summed E-state index contributed by atoms with van der Waals surface area (Å²) in [5, 5.41) is 3.04. The van der Waals surface area contributed by atoms with Crippen molar-refractivity contribution in [1.29, 1.82) is 0 Å². The second kappa shape index (κ2) is 4.87. The maximum atomic E-state index is 10.8. The molecule has 0 aliphatic rings. The number of hydrogen-bond acceptors (Lipinski definition) is 4. The zero-order valence-electron chi connectivity index (χ0n) is 10.3. The fraction of sp³-hybridized carbons (Fsp3) is 0.500. The number of thioether (sulfide) groups is 1. The van der Waals surface area contributed by atoms with Gasteiger partial charge in [-0.25, -0.2) is 0 Å². The maximum absolute atomic E-state index is 10.8. The molecule has 0 atom stereocenters. The van der Waals surface area contributed by atoms with Crippen molar-refractivity contribution in [3.8, 4) is 5.75 Å². The Morgan fingerprint density at radius 2 is 1.94 bits per heavy atom. The van der Waals surface area contributed by atoms with Crippen LogP contribution in [0.5, 0.6) is 5.75 Å². The average Bonchev–Trinajstić information content (AvgIpc) is 2.25. The molecule has 0 amide bonds. The Hall–Kier alpha value is -1.03. The summed E-state index contributed by atoms with van der Waals surface area (Å²) < 4.78 is 5.21. The average molecular weight is 239 g/mol. The molecule has 1 aromatic rings. The van der Waals surface area contributed by atoms with Crippen molar-refractivity contribution in [2.75, 3.05) is 13.4 Å². The molecule has 0 aliphatic heterocycles. The third-order valence-corrected chi connectivity index (χ3v) is 3.17. The van der Waals surface area contributed by atoms with Crippen LogP contribution in [-0.4, -0.2) is 13.4 Å². The van der Waals surface area contributed by atoms with E-state index < -0.39 is 0 Å². The van der Waals surface area contributed by atoms with E-state index in [1.54, 1.807) is 24.9 Å². The number of hydrogen-bond donors (Lipinski definition) is 0. The van der Waals surface area contributed by atoms with Gasteiger partial charge in [-0.3, -0.25) is 0 Å². The monoisotopic (exact) mass is 239 g/mol. The van der Waals surface area contributed by atoms with Gasteiger partial charge in [0, 0.05) is 0 Å². The van der Waals surface area contributed by atoms with Gasteiger partial charge in [-0.05, 0) is 34.5 Å². The van der Waals surface area contributed by atoms with Crippen LogP contribution in [0.3, 0.4) is 0 Å². The van der Waals surface area contributed by atoms with E-state index in [0.29, 0.717) is 11.4 Å². The topological polar surface area (TPSA) is 38.7 Å². The van der Waals surface area contributed by atoms with Crippen LogP contribution in [0.4, 0.5) is 5.69 Å². The lowest BCUT2D eigenvalue weighted by Gasteiger charge is -2.21. The molecule has 0 saturated carbocycles. The predicted octanol–water partition coefficient (Wildman–Crippen LogP) is 4.11. The summed E-state index contributed by atoms with van der Waals surface area (Å²) in [5.41, 5.74) is 1.46. The van der Waals surface area contributed by atoms with Crippen molar-refractivity contribution in [2.24, 2.45) is 5.18 Å². The molecule has 16 heavy (non-hydrogen) atoms. The molecule has 88 valence electrons. The van der Waals surface area contributed by atoms with Gasteiger partial charge in [-0.1, -0.05) is 20.8 Å². The lowest BCUT2D eigenvalue weighted by Crippen LogP contribution is -2.11. The van der Waals surface area contributed by atoms with E-state index in [2.05, 4.69) is 32.0 Å². The largest absolute Gasteiger partial charge is 0.493 e. The second-order valence-corrected chi connectivity index (χ2v) is 5.42. The molecule has 0 fully saturated rings. The van der Waals surface area contributed by atoms with Crippen LogP contribution in [-0.2, 0) is 5.41 Å². The fourth-order valence-electron chi connectivity index (χ4n) is 1.45. The molecule has 0 spiro atoms. The molecular formula is C12H17NO2S. The lowest BCUT2D eigenvalue weighted by molar-refractivity contribution is 0.405. The Bertz CT molecular complexity index is 397. The normalized spacial score (nSPS) is 11.3. The van der Waals surface area contributed by atoms with E-state index >= 15 is 0 Å². The third-order valence-electron chi connectivity index (χ3n) is 2.42. The van der Waals surface area contributed by atoms with Crippen LogP contribution in [0.2, 0.25) is 0 Å². The zero-order chi connectivity index (χ0) is 12.3. The molecule has 0 aromatic heterocycles. The summed E-state index contributed by atoms with van der Waals surface area (Å²) in [6.07, 6.45) is 1.96. The molecule has 0 heterocycles. The minimum atomic E-state index is -0.00378. The van der Waals surface area contributed by atoms with E-state index in [4.69, 9.17) is 4.74 Å². The van der Waals surface area contributed by atoms with E-state index in [0.717, 1.165) is 10.5 Å². The van der Waals surface area contributed by atoms with Gasteiger partial charge in [0.05, 0.1) is 12.0 Å². The van der Waals surface area contributed by atoms with Gasteiger partial charge in [0.2, 0.25) is 0 Å². The van der Waals surface area contributed by atoms with E-state index in [-0.39, 0.29) is 5.41 Å². The summed E-state index contributed by atoms with van der Waals surface area (Å²) in [6.45, 7) is 6.31. The van der Waals surface area contributed by atoms with Crippen molar-refractivity contribution in [3.63, 3.8) is 0 Å². The highest BCUT2D eigenvalue weighted by Crippen LogP contribution is 2.40. The molecule has 0 radical (unpaired) electrons. The van der Waals surface area contributed by atoms with E-state index in [1.807, 2.05) is 6.26 Å². The Morgan fingerprint density at radius 1 is 1.31 bits per heavy atom. The van der Waals surface area contributed by atoms with Gasteiger partial charge in [0.25, 0.3) is 0 Å². The van der Waals surface area contributed by atoms with Gasteiger partial charge in [0.15, 0.2) is 11.4 Å². The third kappa shape index (κ3) is 2.55. The quantitative estimate of drug-likeness (QED) is 0.588. The summed E-state index contributed by atoms with van der Waals surface area (Å²) in [7, 11) is 1.56. The second-order valence-electron chi connectivity index (χ2n) is 4.57. The Balaban J connectivity index is 3.43. The molecule has 1 rings (SSSR count). The number of nitroso groups, excluding NO2 is 1. The number of benzene rings is 1. The van der Waals surface area contributed by atoms with Gasteiger partial charge in [-0.15, -0.1) is 16.7 Å². The SMILES string of the molecule is COc1c(N=O)cc(C(C)(C)C)cc1SC. The Morgan fingerprint density at radius 3 is 2.31 bits per heavy atom. The van der Waals surface area contributed by atoms with Gasteiger partial charge in [0.1, 0.15) is 0 Å². The summed E-state index contributed by atoms with van der Waals surface area (Å²) in [5.74, 6) is 0.565. The van der Waals surface area contributed by atoms with Crippen LogP contribution in [0.15, 0.2) is 22.2 Å². The highest BCUT2D eigenvalue weighted by Gasteiger charge is 2.19. The molecule has 0 unspecified atom stereocenters. The predicted molar refractivity (Wildman–Crippen MR) is 68.9 cm³/mol. The van der Waals surface area contributed by atoms with Crippen LogP contribution < -0.4 is 4.74 Å². The van der Waals surface area contributed by atoms with Gasteiger partial charge in [-0.2, -0.15) is 0 Å². The minimum absolute atomic E-state index is 0.00378. The number of methoxy groups -OCH3 is 1. The van der Waals surface area contributed by atoms with Crippen molar-refractivity contribution < 1.29 is 4.74 Å². The van der Waals surface area contributed by atoms with E-state index in [9.17, 15) is 4.91 Å². The number of nitrogens with zero attached hydrogens (tertiary/aromatic N) is 1. The molecule has 0 aliphatic carbocycles. The summed E-state index contributed by atoms with van der Waals surface area (Å²) in [6, 6.07) is 3.85. The first kappa shape index (κ1) is 13.0. The van der Waals surface area contributed by atoms with Crippen molar-refractivity contribution in [2.45, 2.75) is 31.1 Å². The van der Waals surface area contributed by atoms with Crippen LogP contribution in [0, 0.1) is 4.91 Å².